The van der Waals surface area contributed by atoms with Crippen molar-refractivity contribution in [2.24, 2.45) is 0 Å². The van der Waals surface area contributed by atoms with Crippen molar-refractivity contribution >= 4 is 28.9 Å². The topological polar surface area (TPSA) is 117 Å². The molecule has 2 aliphatic rings. The van der Waals surface area contributed by atoms with Crippen LogP contribution in [0, 0.1) is 10.1 Å². The Morgan fingerprint density at radius 2 is 2.15 bits per heavy atom. The van der Waals surface area contributed by atoms with Crippen LogP contribution in [0.2, 0.25) is 0 Å². The zero-order chi connectivity index (χ0) is 19.1. The molecule has 0 saturated heterocycles. The molecule has 0 radical (unpaired) electrons. The van der Waals surface area contributed by atoms with Crippen molar-refractivity contribution in [1.29, 1.82) is 0 Å². The molecule has 27 heavy (non-hydrogen) atoms. The molecule has 8 nitrogen and oxygen atoms in total. The second-order valence-electron chi connectivity index (χ2n) is 6.81. The number of hydrogen-bond donors (Lipinski definition) is 3. The van der Waals surface area contributed by atoms with Crippen molar-refractivity contribution in [3.8, 4) is 5.75 Å². The van der Waals surface area contributed by atoms with E-state index in [9.17, 15) is 20.0 Å². The normalized spacial score (nSPS) is 22.7. The van der Waals surface area contributed by atoms with Crippen molar-refractivity contribution in [2.45, 2.75) is 31.3 Å². The lowest BCUT2D eigenvalue weighted by Gasteiger charge is -2.15. The monoisotopic (exact) mass is 369 g/mol. The van der Waals surface area contributed by atoms with E-state index in [4.69, 9.17) is 4.74 Å². The minimum Gasteiger partial charge on any atom is -0.495 e. The van der Waals surface area contributed by atoms with Crippen LogP contribution in [0.5, 0.6) is 5.75 Å². The Morgan fingerprint density at radius 3 is 2.81 bits per heavy atom. The number of nitro groups is 1. The Kier molecular flexibility index (Phi) is 4.19. The highest BCUT2D eigenvalue weighted by atomic mass is 16.6. The van der Waals surface area contributed by atoms with Crippen LogP contribution in [0.4, 0.5) is 11.4 Å². The zero-order valence-electron chi connectivity index (χ0n) is 14.7. The number of ether oxygens (including phenoxy) is 1. The number of carbonyl (C=O) groups is 1. The third-order valence-electron chi connectivity index (χ3n) is 5.24. The van der Waals surface area contributed by atoms with E-state index >= 15 is 0 Å². The molecule has 140 valence electrons. The number of fused-ring (bicyclic) bond motifs is 1. The smallest absolute Gasteiger partial charge is 0.273 e. The maximum atomic E-state index is 12.6. The molecule has 3 N–H and O–H groups in total. The van der Waals surface area contributed by atoms with Crippen molar-refractivity contribution in [1.82, 2.24) is 4.98 Å². The largest absolute Gasteiger partial charge is 0.495 e. The van der Waals surface area contributed by atoms with Gasteiger partial charge in [0.25, 0.3) is 11.6 Å². The number of H-pyrrole nitrogens is 1. The highest BCUT2D eigenvalue weighted by Crippen LogP contribution is 2.48. The summed E-state index contributed by atoms with van der Waals surface area (Å²) in [5.41, 5.74) is 2.56. The lowest BCUT2D eigenvalue weighted by molar-refractivity contribution is -0.385. The lowest BCUT2D eigenvalue weighted by Crippen LogP contribution is -2.06. The number of amides is 1. The van der Waals surface area contributed by atoms with Crippen LogP contribution in [0.25, 0.3) is 11.6 Å². The Hall–Kier alpha value is -3.13. The number of nitro benzene ring substituents is 1. The minimum absolute atomic E-state index is 0.0197. The summed E-state index contributed by atoms with van der Waals surface area (Å²) in [6.45, 7) is 0. The van der Waals surface area contributed by atoms with Gasteiger partial charge in [0, 0.05) is 29.1 Å². The van der Waals surface area contributed by atoms with E-state index in [2.05, 4.69) is 10.3 Å². The molecule has 1 amide bonds. The molecule has 2 heterocycles. The molecule has 0 bridgehead atoms. The van der Waals surface area contributed by atoms with Gasteiger partial charge in [0.2, 0.25) is 0 Å². The summed E-state index contributed by atoms with van der Waals surface area (Å²) in [5.74, 6) is 0.0888. The number of aromatic amines is 1. The highest BCUT2D eigenvalue weighted by Gasteiger charge is 2.38. The van der Waals surface area contributed by atoms with E-state index in [-0.39, 0.29) is 17.5 Å². The van der Waals surface area contributed by atoms with Crippen molar-refractivity contribution in [3.63, 3.8) is 0 Å². The Labute approximate surface area is 155 Å². The van der Waals surface area contributed by atoms with E-state index in [1.54, 1.807) is 24.4 Å². The van der Waals surface area contributed by atoms with Crippen molar-refractivity contribution < 1.29 is 19.6 Å². The first-order valence-electron chi connectivity index (χ1n) is 8.73. The fourth-order valence-corrected chi connectivity index (χ4v) is 4.04. The molecular formula is C19H19N3O5. The summed E-state index contributed by atoms with van der Waals surface area (Å²) >= 11 is 0. The molecule has 1 aromatic carbocycles. The number of benzene rings is 1. The average molecular weight is 369 g/mol. The first-order valence-corrected chi connectivity index (χ1v) is 8.73. The number of aliphatic hydroxyl groups excluding tert-OH is 1. The van der Waals surface area contributed by atoms with Gasteiger partial charge in [-0.1, -0.05) is 0 Å². The molecule has 4 rings (SSSR count). The number of aliphatic hydroxyl groups is 1. The van der Waals surface area contributed by atoms with Gasteiger partial charge in [-0.2, -0.15) is 0 Å². The highest BCUT2D eigenvalue weighted by molar-refractivity contribution is 6.35. The zero-order valence-corrected chi connectivity index (χ0v) is 14.7. The summed E-state index contributed by atoms with van der Waals surface area (Å²) in [5, 5.41) is 24.4. The molecule has 1 aromatic heterocycles. The van der Waals surface area contributed by atoms with E-state index < -0.39 is 11.0 Å². The minimum atomic E-state index is -0.480. The summed E-state index contributed by atoms with van der Waals surface area (Å²) in [7, 11) is 1.53. The quantitative estimate of drug-likeness (QED) is 0.435. The molecule has 1 aliphatic carbocycles. The third-order valence-corrected chi connectivity index (χ3v) is 5.24. The number of methoxy groups -OCH3 is 1. The van der Waals surface area contributed by atoms with Gasteiger partial charge in [-0.3, -0.25) is 14.9 Å². The molecule has 0 spiro atoms. The fraction of sp³-hybridized carbons (Fsp3) is 0.316. The maximum absolute atomic E-state index is 12.6. The van der Waals surface area contributed by atoms with Gasteiger partial charge < -0.3 is 20.1 Å². The van der Waals surface area contributed by atoms with Gasteiger partial charge in [-0.25, -0.2) is 0 Å². The summed E-state index contributed by atoms with van der Waals surface area (Å²) in [6, 6.07) is 4.73. The first-order chi connectivity index (χ1) is 13.0. The number of hydrogen-bond acceptors (Lipinski definition) is 5. The Morgan fingerprint density at radius 1 is 1.33 bits per heavy atom. The predicted octanol–water partition coefficient (Wildman–Crippen LogP) is 3.05. The first kappa shape index (κ1) is 17.3. The molecule has 1 fully saturated rings. The molecular weight excluding hydrogens is 350 g/mol. The average Bonchev–Trinajstić information content (AvgIpc) is 3.34. The molecule has 1 saturated carbocycles. The summed E-state index contributed by atoms with van der Waals surface area (Å²) in [6.07, 6.45) is 4.55. The van der Waals surface area contributed by atoms with Crippen LogP contribution < -0.4 is 10.1 Å². The lowest BCUT2D eigenvalue weighted by atomic mass is 9.87. The number of aromatic nitrogens is 1. The Bertz CT molecular complexity index is 962. The predicted molar refractivity (Wildman–Crippen MR) is 99.5 cm³/mol. The molecule has 2 aromatic rings. The van der Waals surface area contributed by atoms with Gasteiger partial charge in [0.1, 0.15) is 5.75 Å². The van der Waals surface area contributed by atoms with Crippen LogP contribution in [-0.4, -0.2) is 34.1 Å². The van der Waals surface area contributed by atoms with E-state index in [1.165, 1.54) is 13.2 Å². The summed E-state index contributed by atoms with van der Waals surface area (Å²) < 4.78 is 5.28. The van der Waals surface area contributed by atoms with Crippen LogP contribution >= 0.6 is 0 Å². The Balaban J connectivity index is 1.92. The summed E-state index contributed by atoms with van der Waals surface area (Å²) in [4.78, 5) is 26.9. The van der Waals surface area contributed by atoms with Gasteiger partial charge in [-0.05, 0) is 43.4 Å². The van der Waals surface area contributed by atoms with Gasteiger partial charge >= 0.3 is 0 Å². The van der Waals surface area contributed by atoms with E-state index in [1.807, 2.05) is 0 Å². The van der Waals surface area contributed by atoms with Gasteiger partial charge in [0.15, 0.2) is 0 Å². The van der Waals surface area contributed by atoms with Crippen LogP contribution in [0.3, 0.4) is 0 Å². The third kappa shape index (κ3) is 2.87. The standard InChI is InChI=1S/C19H19N3O5/c1-27-16-6-7-20-14(16)9-12-18-13(21-19(12)24)4-5-15(22(25)26)17(18)10-2-3-11(23)8-10/h4-7,9-11,20,23H,2-3,8H2,1H3,(H,21,24)/b12-9-/t10?,11-/m1/s1. The van der Waals surface area contributed by atoms with Crippen molar-refractivity contribution in [2.75, 3.05) is 12.4 Å². The number of anilines is 1. The van der Waals surface area contributed by atoms with Crippen LogP contribution in [0.15, 0.2) is 24.4 Å². The van der Waals surface area contributed by atoms with E-state index in [0.717, 1.165) is 0 Å². The van der Waals surface area contributed by atoms with Gasteiger partial charge in [0.05, 0.1) is 29.4 Å². The second kappa shape index (κ2) is 6.55. The van der Waals surface area contributed by atoms with Crippen molar-refractivity contribution in [3.05, 3.63) is 51.3 Å². The SMILES string of the molecule is COc1cc[nH]c1/C=C1\C(=O)Nc2ccc([N+](=O)[O-])c(C3CC[C@@H](O)C3)c21. The van der Waals surface area contributed by atoms with E-state index in [0.29, 0.717) is 53.1 Å². The molecule has 8 heteroatoms. The molecule has 2 atom stereocenters. The second-order valence-corrected chi connectivity index (χ2v) is 6.81. The maximum Gasteiger partial charge on any atom is 0.273 e. The van der Waals surface area contributed by atoms with Gasteiger partial charge in [-0.15, -0.1) is 0 Å². The number of nitrogens with zero attached hydrogens (tertiary/aromatic N) is 1. The number of nitrogens with one attached hydrogen (secondary N) is 2. The fourth-order valence-electron chi connectivity index (χ4n) is 4.04. The molecule has 1 unspecified atom stereocenters. The number of carbonyl (C=O) groups excluding carboxylic acids is 1. The van der Waals surface area contributed by atoms with Crippen LogP contribution in [0.1, 0.15) is 42.0 Å². The van der Waals surface area contributed by atoms with Crippen LogP contribution in [-0.2, 0) is 4.79 Å². The molecule has 1 aliphatic heterocycles. The number of rotatable bonds is 4.